The van der Waals surface area contributed by atoms with Crippen molar-refractivity contribution in [2.24, 2.45) is 5.41 Å². The van der Waals surface area contributed by atoms with Crippen molar-refractivity contribution in [3.8, 4) is 0 Å². The molecule has 16 heavy (non-hydrogen) atoms. The van der Waals surface area contributed by atoms with Gasteiger partial charge in [-0.25, -0.2) is 0 Å². The maximum Gasteiger partial charge on any atom is 0.224 e. The van der Waals surface area contributed by atoms with Crippen molar-refractivity contribution in [3.63, 3.8) is 0 Å². The lowest BCUT2D eigenvalue weighted by Crippen LogP contribution is -2.66. The van der Waals surface area contributed by atoms with Gasteiger partial charge in [0.15, 0.2) is 0 Å². The van der Waals surface area contributed by atoms with Crippen LogP contribution in [0.3, 0.4) is 0 Å². The van der Waals surface area contributed by atoms with Gasteiger partial charge >= 0.3 is 0 Å². The van der Waals surface area contributed by atoms with Crippen molar-refractivity contribution in [2.45, 2.75) is 46.2 Å². The molecule has 0 N–H and O–H groups in total. The van der Waals surface area contributed by atoms with E-state index in [9.17, 15) is 9.59 Å². The minimum Gasteiger partial charge on any atom is -0.319 e. The summed E-state index contributed by atoms with van der Waals surface area (Å²) in [6, 6.07) is 0. The Morgan fingerprint density at radius 1 is 1.25 bits per heavy atom. The summed E-state index contributed by atoms with van der Waals surface area (Å²) in [5.74, 6) is 0.247. The fourth-order valence-corrected chi connectivity index (χ4v) is 2.95. The lowest BCUT2D eigenvalue weighted by molar-refractivity contribution is -0.163. The van der Waals surface area contributed by atoms with Gasteiger partial charge in [0, 0.05) is 31.8 Å². The number of carbonyl (C=O) groups is 2. The molecule has 2 rings (SSSR count). The SMILES string of the molecule is CC(=O)N1CC(C)(C)CN2C(=O)CCC12C. The predicted molar refractivity (Wildman–Crippen MR) is 60.5 cm³/mol. The molecule has 2 saturated heterocycles. The monoisotopic (exact) mass is 224 g/mol. The zero-order chi connectivity index (χ0) is 12.1. The Hall–Kier alpha value is -1.06. The summed E-state index contributed by atoms with van der Waals surface area (Å²) in [5, 5.41) is 0. The second-order valence-corrected chi connectivity index (χ2v) is 5.97. The molecule has 90 valence electrons. The molecule has 4 heteroatoms. The van der Waals surface area contributed by atoms with Crippen LogP contribution in [0.2, 0.25) is 0 Å². The number of hydrogen-bond acceptors (Lipinski definition) is 2. The normalized spacial score (nSPS) is 32.9. The van der Waals surface area contributed by atoms with Crippen molar-refractivity contribution in [1.82, 2.24) is 9.80 Å². The number of amides is 2. The standard InChI is InChI=1S/C12H20N2O2/c1-9(15)13-7-11(2,3)8-14-10(16)5-6-12(13,14)4/h5-8H2,1-4H3. The smallest absolute Gasteiger partial charge is 0.224 e. The van der Waals surface area contributed by atoms with Crippen molar-refractivity contribution in [1.29, 1.82) is 0 Å². The molecule has 1 atom stereocenters. The molecule has 0 radical (unpaired) electrons. The van der Waals surface area contributed by atoms with Gasteiger partial charge in [0.25, 0.3) is 0 Å². The van der Waals surface area contributed by atoms with E-state index in [-0.39, 0.29) is 22.9 Å². The summed E-state index contributed by atoms with van der Waals surface area (Å²) in [6.45, 7) is 9.30. The molecule has 0 aliphatic carbocycles. The van der Waals surface area contributed by atoms with Crippen LogP contribution in [0.25, 0.3) is 0 Å². The molecule has 4 nitrogen and oxygen atoms in total. The summed E-state index contributed by atoms with van der Waals surface area (Å²) in [4.78, 5) is 27.3. The van der Waals surface area contributed by atoms with Gasteiger partial charge in [-0.1, -0.05) is 13.8 Å². The highest BCUT2D eigenvalue weighted by atomic mass is 16.2. The van der Waals surface area contributed by atoms with Crippen LogP contribution in [0.1, 0.15) is 40.5 Å². The minimum absolute atomic E-state index is 0.00875. The molecule has 2 aliphatic rings. The molecular weight excluding hydrogens is 204 g/mol. The molecule has 2 amide bonds. The van der Waals surface area contributed by atoms with Crippen LogP contribution in [0.4, 0.5) is 0 Å². The van der Waals surface area contributed by atoms with E-state index in [2.05, 4.69) is 13.8 Å². The summed E-state index contributed by atoms with van der Waals surface area (Å²) in [5.41, 5.74) is -0.385. The first-order chi connectivity index (χ1) is 7.26. The average Bonchev–Trinajstić information content (AvgIpc) is 2.43. The van der Waals surface area contributed by atoms with Crippen molar-refractivity contribution in [2.75, 3.05) is 13.1 Å². The molecule has 1 unspecified atom stereocenters. The van der Waals surface area contributed by atoms with Crippen molar-refractivity contribution in [3.05, 3.63) is 0 Å². The second kappa shape index (κ2) is 3.22. The van der Waals surface area contributed by atoms with E-state index in [0.29, 0.717) is 6.42 Å². The van der Waals surface area contributed by atoms with E-state index in [0.717, 1.165) is 19.5 Å². The Bertz CT molecular complexity index is 351. The van der Waals surface area contributed by atoms with Crippen LogP contribution in [0.15, 0.2) is 0 Å². The maximum atomic E-state index is 11.9. The van der Waals surface area contributed by atoms with Gasteiger partial charge in [-0.2, -0.15) is 0 Å². The molecule has 2 fully saturated rings. The van der Waals surface area contributed by atoms with E-state index in [1.807, 2.05) is 16.7 Å². The van der Waals surface area contributed by atoms with Crippen LogP contribution in [-0.2, 0) is 9.59 Å². The van der Waals surface area contributed by atoms with Crippen LogP contribution >= 0.6 is 0 Å². The third kappa shape index (κ3) is 1.51. The van der Waals surface area contributed by atoms with Crippen molar-refractivity contribution < 1.29 is 9.59 Å². The molecular formula is C12H20N2O2. The molecule has 2 heterocycles. The zero-order valence-electron chi connectivity index (χ0n) is 10.5. The maximum absolute atomic E-state index is 11.9. The molecule has 0 saturated carbocycles. The van der Waals surface area contributed by atoms with Gasteiger partial charge in [0.1, 0.15) is 5.66 Å². The Morgan fingerprint density at radius 3 is 2.44 bits per heavy atom. The molecule has 2 aliphatic heterocycles. The zero-order valence-corrected chi connectivity index (χ0v) is 10.5. The third-order valence-electron chi connectivity index (χ3n) is 3.83. The Labute approximate surface area is 96.6 Å². The van der Waals surface area contributed by atoms with Gasteiger partial charge < -0.3 is 9.80 Å². The number of hydrogen-bond donors (Lipinski definition) is 0. The van der Waals surface area contributed by atoms with Gasteiger partial charge in [-0.05, 0) is 13.3 Å². The highest BCUT2D eigenvalue weighted by Gasteiger charge is 2.52. The van der Waals surface area contributed by atoms with E-state index in [4.69, 9.17) is 0 Å². The minimum atomic E-state index is -0.377. The largest absolute Gasteiger partial charge is 0.319 e. The van der Waals surface area contributed by atoms with Crippen LogP contribution in [0.5, 0.6) is 0 Å². The molecule has 0 aromatic rings. The van der Waals surface area contributed by atoms with E-state index < -0.39 is 0 Å². The number of fused-ring (bicyclic) bond motifs is 1. The van der Waals surface area contributed by atoms with Crippen LogP contribution in [-0.4, -0.2) is 40.4 Å². The average molecular weight is 224 g/mol. The van der Waals surface area contributed by atoms with Crippen LogP contribution < -0.4 is 0 Å². The first-order valence-electron chi connectivity index (χ1n) is 5.85. The summed E-state index contributed by atoms with van der Waals surface area (Å²) >= 11 is 0. The lowest BCUT2D eigenvalue weighted by Gasteiger charge is -2.53. The van der Waals surface area contributed by atoms with Gasteiger partial charge in [0.2, 0.25) is 11.8 Å². The Morgan fingerprint density at radius 2 is 1.88 bits per heavy atom. The number of nitrogens with zero attached hydrogens (tertiary/aromatic N) is 2. The molecule has 0 bridgehead atoms. The first-order valence-corrected chi connectivity index (χ1v) is 5.85. The molecule has 0 aromatic heterocycles. The second-order valence-electron chi connectivity index (χ2n) is 5.97. The number of rotatable bonds is 0. The van der Waals surface area contributed by atoms with Gasteiger partial charge in [-0.3, -0.25) is 9.59 Å². The highest BCUT2D eigenvalue weighted by Crippen LogP contribution is 2.41. The predicted octanol–water partition coefficient (Wildman–Crippen LogP) is 1.21. The third-order valence-corrected chi connectivity index (χ3v) is 3.83. The summed E-state index contributed by atoms with van der Waals surface area (Å²) in [6.07, 6.45) is 1.33. The lowest BCUT2D eigenvalue weighted by atomic mass is 9.86. The van der Waals surface area contributed by atoms with Crippen LogP contribution in [0, 0.1) is 5.41 Å². The van der Waals surface area contributed by atoms with E-state index in [1.54, 1.807) is 6.92 Å². The topological polar surface area (TPSA) is 40.6 Å². The fraction of sp³-hybridized carbons (Fsp3) is 0.833. The molecule has 0 aromatic carbocycles. The highest BCUT2D eigenvalue weighted by molar-refractivity contribution is 5.82. The van der Waals surface area contributed by atoms with Gasteiger partial charge in [-0.15, -0.1) is 0 Å². The van der Waals surface area contributed by atoms with Crippen molar-refractivity contribution >= 4 is 11.8 Å². The Kier molecular flexibility index (Phi) is 2.30. The summed E-state index contributed by atoms with van der Waals surface area (Å²) in [7, 11) is 0. The Balaban J connectivity index is 2.38. The van der Waals surface area contributed by atoms with E-state index >= 15 is 0 Å². The summed E-state index contributed by atoms with van der Waals surface area (Å²) < 4.78 is 0. The quantitative estimate of drug-likeness (QED) is 0.620. The number of carbonyl (C=O) groups excluding carboxylic acids is 2. The fourth-order valence-electron chi connectivity index (χ4n) is 2.95. The molecule has 0 spiro atoms. The van der Waals surface area contributed by atoms with Gasteiger partial charge in [0.05, 0.1) is 0 Å². The first kappa shape index (κ1) is 11.4. The van der Waals surface area contributed by atoms with E-state index in [1.165, 1.54) is 0 Å².